The van der Waals surface area contributed by atoms with Crippen LogP contribution in [0.4, 0.5) is 0 Å². The molecule has 0 heterocycles. The van der Waals surface area contributed by atoms with E-state index in [4.69, 9.17) is 9.84 Å². The van der Waals surface area contributed by atoms with Crippen LogP contribution < -0.4 is 5.32 Å². The van der Waals surface area contributed by atoms with Crippen LogP contribution in [0.15, 0.2) is 24.3 Å². The number of benzene rings is 1. The quantitative estimate of drug-likeness (QED) is 0.814. The van der Waals surface area contributed by atoms with E-state index >= 15 is 0 Å². The number of aliphatic carboxylic acids is 1. The zero-order valence-electron chi connectivity index (χ0n) is 13.2. The number of carboxylic acids is 1. The van der Waals surface area contributed by atoms with Crippen LogP contribution in [0.2, 0.25) is 0 Å². The van der Waals surface area contributed by atoms with E-state index in [1.807, 2.05) is 0 Å². The van der Waals surface area contributed by atoms with Gasteiger partial charge in [-0.15, -0.1) is 0 Å². The average molecular weight is 315 g/mol. The first-order valence-corrected chi connectivity index (χ1v) is 7.70. The first kappa shape index (κ1) is 17.0. The summed E-state index contributed by atoms with van der Waals surface area (Å²) in [5.41, 5.74) is 1.37. The normalized spacial score (nSPS) is 19.7. The number of nitrogens with one attached hydrogen (secondary N) is 1. The average Bonchev–Trinajstić information content (AvgIpc) is 3.02. The van der Waals surface area contributed by atoms with Crippen molar-refractivity contribution in [3.05, 3.63) is 35.4 Å². The highest BCUT2D eigenvalue weighted by molar-refractivity contribution is 5.94. The van der Waals surface area contributed by atoms with Gasteiger partial charge in [0.25, 0.3) is 5.91 Å². The SMILES string of the molecule is COCC#Cc1ccc(C(=O)NCC2CCCC2C(=O)O)cc1. The monoisotopic (exact) mass is 315 g/mol. The van der Waals surface area contributed by atoms with Gasteiger partial charge in [0.15, 0.2) is 0 Å². The van der Waals surface area contributed by atoms with Crippen LogP contribution in [-0.2, 0) is 9.53 Å². The van der Waals surface area contributed by atoms with Gasteiger partial charge in [0, 0.05) is 24.8 Å². The van der Waals surface area contributed by atoms with Gasteiger partial charge in [-0.1, -0.05) is 18.3 Å². The van der Waals surface area contributed by atoms with E-state index in [1.54, 1.807) is 31.4 Å². The summed E-state index contributed by atoms with van der Waals surface area (Å²) in [4.78, 5) is 23.3. The molecule has 1 aromatic carbocycles. The fourth-order valence-corrected chi connectivity index (χ4v) is 2.85. The Bertz CT molecular complexity index is 612. The molecule has 0 aliphatic heterocycles. The molecule has 1 saturated carbocycles. The van der Waals surface area contributed by atoms with Crippen LogP contribution in [0, 0.1) is 23.7 Å². The molecule has 2 unspecified atom stereocenters. The second-order valence-corrected chi connectivity index (χ2v) is 5.66. The molecule has 1 aromatic rings. The van der Waals surface area contributed by atoms with Crippen molar-refractivity contribution in [3.63, 3.8) is 0 Å². The zero-order chi connectivity index (χ0) is 16.7. The Morgan fingerprint density at radius 1 is 1.30 bits per heavy atom. The summed E-state index contributed by atoms with van der Waals surface area (Å²) in [7, 11) is 1.58. The summed E-state index contributed by atoms with van der Waals surface area (Å²) in [6, 6.07) is 7.01. The van der Waals surface area contributed by atoms with Gasteiger partial charge in [-0.05, 0) is 43.0 Å². The maximum atomic E-state index is 12.1. The standard InChI is InChI=1S/C18H21NO4/c1-23-11-3-4-13-7-9-14(10-8-13)17(20)19-12-15-5-2-6-16(15)18(21)22/h7-10,15-16H,2,5-6,11-12H2,1H3,(H,19,20)(H,21,22). The Balaban J connectivity index is 1.88. The van der Waals surface area contributed by atoms with Gasteiger partial charge in [0.1, 0.15) is 6.61 Å². The lowest BCUT2D eigenvalue weighted by atomic mass is 9.96. The lowest BCUT2D eigenvalue weighted by Gasteiger charge is -2.16. The molecule has 0 radical (unpaired) electrons. The molecule has 0 aromatic heterocycles. The predicted octanol–water partition coefficient (Wildman–Crippen LogP) is 1.92. The van der Waals surface area contributed by atoms with E-state index in [1.165, 1.54) is 0 Å². The van der Waals surface area contributed by atoms with Crippen molar-refractivity contribution < 1.29 is 19.4 Å². The molecule has 2 rings (SSSR count). The molecule has 23 heavy (non-hydrogen) atoms. The maximum Gasteiger partial charge on any atom is 0.306 e. The molecular formula is C18H21NO4. The first-order chi connectivity index (χ1) is 11.1. The number of carboxylic acid groups (broad SMARTS) is 1. The van der Waals surface area contributed by atoms with Gasteiger partial charge < -0.3 is 15.2 Å². The number of hydrogen-bond acceptors (Lipinski definition) is 3. The van der Waals surface area contributed by atoms with E-state index in [2.05, 4.69) is 17.2 Å². The second-order valence-electron chi connectivity index (χ2n) is 5.66. The predicted molar refractivity (Wildman–Crippen MR) is 86.0 cm³/mol. The number of carbonyl (C=O) groups is 2. The van der Waals surface area contributed by atoms with Crippen molar-refractivity contribution in [3.8, 4) is 11.8 Å². The number of methoxy groups -OCH3 is 1. The summed E-state index contributed by atoms with van der Waals surface area (Å²) in [6.45, 7) is 0.777. The van der Waals surface area contributed by atoms with Crippen molar-refractivity contribution in [2.45, 2.75) is 19.3 Å². The number of carbonyl (C=O) groups excluding carboxylic acids is 1. The molecule has 2 N–H and O–H groups in total. The minimum absolute atomic E-state index is 0.0237. The minimum Gasteiger partial charge on any atom is -0.481 e. The molecule has 0 saturated heterocycles. The second kappa shape index (κ2) is 8.35. The van der Waals surface area contributed by atoms with Gasteiger partial charge in [-0.2, -0.15) is 0 Å². The van der Waals surface area contributed by atoms with Crippen LogP contribution >= 0.6 is 0 Å². The van der Waals surface area contributed by atoms with Crippen molar-refractivity contribution in [2.75, 3.05) is 20.3 Å². The highest BCUT2D eigenvalue weighted by Crippen LogP contribution is 2.31. The molecule has 0 spiro atoms. The van der Waals surface area contributed by atoms with E-state index in [0.29, 0.717) is 25.1 Å². The number of hydrogen-bond donors (Lipinski definition) is 2. The van der Waals surface area contributed by atoms with Crippen LogP contribution in [-0.4, -0.2) is 37.2 Å². The van der Waals surface area contributed by atoms with Gasteiger partial charge in [0.05, 0.1) is 5.92 Å². The van der Waals surface area contributed by atoms with E-state index in [9.17, 15) is 9.59 Å². The van der Waals surface area contributed by atoms with Crippen LogP contribution in [0.1, 0.15) is 35.2 Å². The third-order valence-electron chi connectivity index (χ3n) is 4.10. The largest absolute Gasteiger partial charge is 0.481 e. The third kappa shape index (κ3) is 4.83. The fraction of sp³-hybridized carbons (Fsp3) is 0.444. The molecule has 1 aliphatic rings. The molecule has 1 aliphatic carbocycles. The Kier molecular flexibility index (Phi) is 6.19. The molecule has 5 heteroatoms. The van der Waals surface area contributed by atoms with Crippen molar-refractivity contribution >= 4 is 11.9 Å². The highest BCUT2D eigenvalue weighted by atomic mass is 16.5. The van der Waals surface area contributed by atoms with E-state index in [-0.39, 0.29) is 17.7 Å². The summed E-state index contributed by atoms with van der Waals surface area (Å²) in [6.07, 6.45) is 2.46. The Morgan fingerprint density at radius 3 is 2.70 bits per heavy atom. The van der Waals surface area contributed by atoms with Crippen LogP contribution in [0.3, 0.4) is 0 Å². The summed E-state index contributed by atoms with van der Waals surface area (Å²) < 4.78 is 4.85. The summed E-state index contributed by atoms with van der Waals surface area (Å²) in [5, 5.41) is 12.0. The Morgan fingerprint density at radius 2 is 2.04 bits per heavy atom. The minimum atomic E-state index is -0.763. The van der Waals surface area contributed by atoms with Gasteiger partial charge >= 0.3 is 5.97 Å². The fourth-order valence-electron chi connectivity index (χ4n) is 2.85. The molecule has 1 fully saturated rings. The Labute approximate surface area is 136 Å². The van der Waals surface area contributed by atoms with Crippen molar-refractivity contribution in [1.82, 2.24) is 5.32 Å². The first-order valence-electron chi connectivity index (χ1n) is 7.70. The number of ether oxygens (including phenoxy) is 1. The summed E-state index contributed by atoms with van der Waals surface area (Å²) >= 11 is 0. The van der Waals surface area contributed by atoms with Gasteiger partial charge in [0.2, 0.25) is 0 Å². The topological polar surface area (TPSA) is 75.6 Å². The number of amides is 1. The van der Waals surface area contributed by atoms with Crippen molar-refractivity contribution in [2.24, 2.45) is 11.8 Å². The Hall–Kier alpha value is -2.32. The molecule has 122 valence electrons. The maximum absolute atomic E-state index is 12.1. The smallest absolute Gasteiger partial charge is 0.306 e. The van der Waals surface area contributed by atoms with Gasteiger partial charge in [-0.25, -0.2) is 0 Å². The third-order valence-corrected chi connectivity index (χ3v) is 4.10. The zero-order valence-corrected chi connectivity index (χ0v) is 13.2. The molecule has 1 amide bonds. The van der Waals surface area contributed by atoms with Crippen LogP contribution in [0.5, 0.6) is 0 Å². The number of rotatable bonds is 5. The van der Waals surface area contributed by atoms with E-state index in [0.717, 1.165) is 18.4 Å². The van der Waals surface area contributed by atoms with Gasteiger partial charge in [-0.3, -0.25) is 9.59 Å². The molecule has 0 bridgehead atoms. The molecular weight excluding hydrogens is 294 g/mol. The highest BCUT2D eigenvalue weighted by Gasteiger charge is 2.32. The van der Waals surface area contributed by atoms with Crippen LogP contribution in [0.25, 0.3) is 0 Å². The molecule has 5 nitrogen and oxygen atoms in total. The van der Waals surface area contributed by atoms with E-state index < -0.39 is 5.97 Å². The lowest BCUT2D eigenvalue weighted by Crippen LogP contribution is -2.33. The molecule has 2 atom stereocenters. The van der Waals surface area contributed by atoms with Crippen molar-refractivity contribution in [1.29, 1.82) is 0 Å². The lowest BCUT2D eigenvalue weighted by molar-refractivity contribution is -0.142. The summed E-state index contributed by atoms with van der Waals surface area (Å²) in [5.74, 6) is 4.52.